The lowest BCUT2D eigenvalue weighted by Crippen LogP contribution is -2.31. The molecule has 0 aliphatic heterocycles. The summed E-state index contributed by atoms with van der Waals surface area (Å²) in [5.41, 5.74) is 6.75. The van der Waals surface area contributed by atoms with Crippen LogP contribution in [0.15, 0.2) is 5.03 Å². The molecule has 21 heavy (non-hydrogen) atoms. The van der Waals surface area contributed by atoms with Gasteiger partial charge in [0.05, 0.1) is 16.9 Å². The number of hydrogen-bond donors (Lipinski definition) is 1. The molecule has 110 valence electrons. The summed E-state index contributed by atoms with van der Waals surface area (Å²) in [7, 11) is 0. The van der Waals surface area contributed by atoms with Gasteiger partial charge in [0.1, 0.15) is 23.0 Å². The zero-order valence-electron chi connectivity index (χ0n) is 12.3. The molecule has 1 rings (SSSR count). The van der Waals surface area contributed by atoms with E-state index in [-0.39, 0.29) is 23.0 Å². The number of nitrogens with two attached hydrogens (primary N) is 1. The van der Waals surface area contributed by atoms with Gasteiger partial charge in [0.15, 0.2) is 0 Å². The van der Waals surface area contributed by atoms with Gasteiger partial charge in [-0.15, -0.1) is 0 Å². The van der Waals surface area contributed by atoms with Crippen molar-refractivity contribution in [2.75, 3.05) is 24.6 Å². The van der Waals surface area contributed by atoms with Gasteiger partial charge < -0.3 is 10.6 Å². The number of anilines is 1. The summed E-state index contributed by atoms with van der Waals surface area (Å²) in [5.74, 6) is 0.261. The molecule has 0 spiro atoms. The van der Waals surface area contributed by atoms with Gasteiger partial charge >= 0.3 is 0 Å². The molecule has 0 aliphatic rings. The second-order valence-electron chi connectivity index (χ2n) is 4.26. The summed E-state index contributed by atoms with van der Waals surface area (Å²) < 4.78 is 0. The average molecular weight is 303 g/mol. The molecule has 0 bridgehead atoms. The highest BCUT2D eigenvalue weighted by atomic mass is 32.2. The number of nitriles is 2. The summed E-state index contributed by atoms with van der Waals surface area (Å²) >= 11 is 1.17. The Hall–Kier alpha value is -2.25. The van der Waals surface area contributed by atoms with Crippen LogP contribution in [0.3, 0.4) is 0 Å². The fraction of sp³-hybridized carbons (Fsp3) is 0.429. The molecule has 1 aromatic rings. The van der Waals surface area contributed by atoms with Gasteiger partial charge in [-0.05, 0) is 26.3 Å². The minimum absolute atomic E-state index is 0.0173. The van der Waals surface area contributed by atoms with Crippen molar-refractivity contribution in [3.63, 3.8) is 0 Å². The molecule has 0 fully saturated rings. The molecule has 1 aromatic heterocycles. The lowest BCUT2D eigenvalue weighted by molar-refractivity contribution is -0.127. The molecule has 7 heteroatoms. The maximum atomic E-state index is 12.0. The van der Waals surface area contributed by atoms with Crippen molar-refractivity contribution in [2.24, 2.45) is 0 Å². The summed E-state index contributed by atoms with van der Waals surface area (Å²) in [5, 5.41) is 18.6. The Kier molecular flexibility index (Phi) is 6.01. The van der Waals surface area contributed by atoms with E-state index < -0.39 is 0 Å². The van der Waals surface area contributed by atoms with Crippen LogP contribution in [0.25, 0.3) is 0 Å². The average Bonchev–Trinajstić information content (AvgIpc) is 2.46. The van der Waals surface area contributed by atoms with E-state index in [1.807, 2.05) is 26.0 Å². The van der Waals surface area contributed by atoms with Crippen molar-refractivity contribution in [1.29, 1.82) is 10.5 Å². The number of hydrogen-bond acceptors (Lipinski definition) is 6. The number of amides is 1. The van der Waals surface area contributed by atoms with Crippen molar-refractivity contribution in [1.82, 2.24) is 9.88 Å². The van der Waals surface area contributed by atoms with E-state index in [0.29, 0.717) is 29.2 Å². The molecule has 0 unspecified atom stereocenters. The number of thioether (sulfide) groups is 1. The SMILES string of the molecule is CCN(CC)C(=O)CSc1nc(N)c(C#N)c(C)c1C#N. The first kappa shape index (κ1) is 16.8. The monoisotopic (exact) mass is 303 g/mol. The zero-order valence-corrected chi connectivity index (χ0v) is 13.1. The third kappa shape index (κ3) is 3.65. The molecule has 0 aliphatic carbocycles. The number of aromatic nitrogens is 1. The Bertz CT molecular complexity index is 626. The van der Waals surface area contributed by atoms with E-state index >= 15 is 0 Å². The molecule has 1 amide bonds. The Labute approximate surface area is 128 Å². The molecule has 1 heterocycles. The van der Waals surface area contributed by atoms with Crippen molar-refractivity contribution in [3.05, 3.63) is 16.7 Å². The highest BCUT2D eigenvalue weighted by Crippen LogP contribution is 2.27. The highest BCUT2D eigenvalue weighted by molar-refractivity contribution is 8.00. The topological polar surface area (TPSA) is 107 Å². The van der Waals surface area contributed by atoms with Gasteiger partial charge in [-0.1, -0.05) is 11.8 Å². The van der Waals surface area contributed by atoms with Crippen molar-refractivity contribution >= 4 is 23.5 Å². The van der Waals surface area contributed by atoms with Crippen molar-refractivity contribution in [3.8, 4) is 12.1 Å². The van der Waals surface area contributed by atoms with E-state index in [4.69, 9.17) is 11.0 Å². The first-order valence-electron chi connectivity index (χ1n) is 6.50. The standard InChI is InChI=1S/C14H17N5OS/c1-4-19(5-2)12(20)8-21-14-11(7-16)9(3)10(6-15)13(17)18-14/h4-5,8H2,1-3H3,(H2,17,18). The minimum atomic E-state index is -0.0173. The zero-order chi connectivity index (χ0) is 16.0. The van der Waals surface area contributed by atoms with Crippen LogP contribution >= 0.6 is 11.8 Å². The molecule has 0 saturated carbocycles. The fourth-order valence-electron chi connectivity index (χ4n) is 1.87. The number of pyridine rings is 1. The van der Waals surface area contributed by atoms with E-state index in [1.54, 1.807) is 11.8 Å². The second kappa shape index (κ2) is 7.51. The number of nitrogens with zero attached hydrogens (tertiary/aromatic N) is 4. The molecule has 0 saturated heterocycles. The number of rotatable bonds is 5. The first-order valence-corrected chi connectivity index (χ1v) is 7.49. The van der Waals surface area contributed by atoms with Crippen LogP contribution in [0.1, 0.15) is 30.5 Å². The number of carbonyl (C=O) groups excluding carboxylic acids is 1. The summed E-state index contributed by atoms with van der Waals surface area (Å²) in [6, 6.07) is 3.98. The lowest BCUT2D eigenvalue weighted by atomic mass is 10.1. The molecule has 2 N–H and O–H groups in total. The van der Waals surface area contributed by atoms with E-state index in [0.717, 1.165) is 0 Å². The maximum absolute atomic E-state index is 12.0. The third-order valence-corrected chi connectivity index (χ3v) is 4.07. The quantitative estimate of drug-likeness (QED) is 0.829. The molecule has 0 aromatic carbocycles. The van der Waals surface area contributed by atoms with Crippen molar-refractivity contribution in [2.45, 2.75) is 25.8 Å². The summed E-state index contributed by atoms with van der Waals surface area (Å²) in [6.45, 7) is 6.76. The molecular formula is C14H17N5OS. The highest BCUT2D eigenvalue weighted by Gasteiger charge is 2.18. The van der Waals surface area contributed by atoms with Crippen LogP contribution in [-0.4, -0.2) is 34.6 Å². The second-order valence-corrected chi connectivity index (χ2v) is 5.22. The Balaban J connectivity index is 3.03. The Morgan fingerprint density at radius 2 is 1.86 bits per heavy atom. The maximum Gasteiger partial charge on any atom is 0.232 e. The van der Waals surface area contributed by atoms with Crippen LogP contribution in [-0.2, 0) is 4.79 Å². The van der Waals surface area contributed by atoms with E-state index in [9.17, 15) is 10.1 Å². The number of carbonyl (C=O) groups is 1. The van der Waals surface area contributed by atoms with Gasteiger partial charge in [0.2, 0.25) is 5.91 Å². The smallest absolute Gasteiger partial charge is 0.232 e. The van der Waals surface area contributed by atoms with Crippen LogP contribution in [0.5, 0.6) is 0 Å². The molecule has 6 nitrogen and oxygen atoms in total. The van der Waals surface area contributed by atoms with E-state index in [2.05, 4.69) is 4.98 Å². The first-order chi connectivity index (χ1) is 9.99. The summed E-state index contributed by atoms with van der Waals surface area (Å²) in [4.78, 5) is 17.8. The van der Waals surface area contributed by atoms with Gasteiger partial charge in [-0.2, -0.15) is 10.5 Å². The van der Waals surface area contributed by atoms with E-state index in [1.165, 1.54) is 11.8 Å². The largest absolute Gasteiger partial charge is 0.383 e. The van der Waals surface area contributed by atoms with Gasteiger partial charge in [0.25, 0.3) is 0 Å². The van der Waals surface area contributed by atoms with Gasteiger partial charge in [-0.3, -0.25) is 4.79 Å². The Morgan fingerprint density at radius 3 is 2.33 bits per heavy atom. The van der Waals surface area contributed by atoms with Crippen LogP contribution in [0.2, 0.25) is 0 Å². The van der Waals surface area contributed by atoms with Crippen molar-refractivity contribution < 1.29 is 4.79 Å². The van der Waals surface area contributed by atoms with Crippen LogP contribution in [0.4, 0.5) is 5.82 Å². The van der Waals surface area contributed by atoms with Crippen LogP contribution < -0.4 is 5.73 Å². The lowest BCUT2D eigenvalue weighted by Gasteiger charge is -2.18. The van der Waals surface area contributed by atoms with Crippen LogP contribution in [0, 0.1) is 29.6 Å². The predicted molar refractivity (Wildman–Crippen MR) is 81.5 cm³/mol. The Morgan fingerprint density at radius 1 is 1.29 bits per heavy atom. The third-order valence-electron chi connectivity index (χ3n) is 3.11. The molecular weight excluding hydrogens is 286 g/mol. The molecule has 0 radical (unpaired) electrons. The molecule has 0 atom stereocenters. The number of nitrogen functional groups attached to an aromatic ring is 1. The summed E-state index contributed by atoms with van der Waals surface area (Å²) in [6.07, 6.45) is 0. The van der Waals surface area contributed by atoms with Gasteiger partial charge in [-0.25, -0.2) is 4.98 Å². The minimum Gasteiger partial charge on any atom is -0.383 e. The normalized spacial score (nSPS) is 9.76. The fourth-order valence-corrected chi connectivity index (χ4v) is 2.82. The predicted octanol–water partition coefficient (Wildman–Crippen LogP) is 1.68. The van der Waals surface area contributed by atoms with Gasteiger partial charge in [0, 0.05) is 13.1 Å².